The molecule has 2 aromatic carbocycles. The molecule has 2 aromatic rings. The van der Waals surface area contributed by atoms with Crippen LogP contribution in [0.5, 0.6) is 5.75 Å². The first-order chi connectivity index (χ1) is 14.0. The van der Waals surface area contributed by atoms with Gasteiger partial charge in [-0.1, -0.05) is 36.4 Å². The molecular formula is C23H33N3O3+2. The van der Waals surface area contributed by atoms with E-state index in [9.17, 15) is 4.79 Å². The van der Waals surface area contributed by atoms with Crippen LogP contribution in [0.1, 0.15) is 25.5 Å². The first-order valence-corrected chi connectivity index (χ1v) is 10.3. The van der Waals surface area contributed by atoms with Crippen molar-refractivity contribution in [3.8, 4) is 5.75 Å². The predicted molar refractivity (Wildman–Crippen MR) is 113 cm³/mol. The Labute approximate surface area is 173 Å². The normalized spacial score (nSPS) is 16.2. The number of rotatable bonds is 8. The van der Waals surface area contributed by atoms with E-state index in [0.717, 1.165) is 49.8 Å². The van der Waals surface area contributed by atoms with Crippen molar-refractivity contribution in [1.82, 2.24) is 0 Å². The topological polar surface area (TPSA) is 68.6 Å². The number of hydrogen-bond acceptors (Lipinski definition) is 3. The molecule has 4 N–H and O–H groups in total. The number of benzene rings is 2. The summed E-state index contributed by atoms with van der Waals surface area (Å²) in [5, 5.41) is 5.21. The summed E-state index contributed by atoms with van der Waals surface area (Å²) in [5.74, 6) is 0.692. The molecule has 0 spiro atoms. The van der Waals surface area contributed by atoms with Gasteiger partial charge < -0.3 is 25.0 Å². The van der Waals surface area contributed by atoms with Crippen LogP contribution in [-0.4, -0.2) is 51.4 Å². The molecule has 29 heavy (non-hydrogen) atoms. The van der Waals surface area contributed by atoms with E-state index in [2.05, 4.69) is 24.5 Å². The third-order valence-corrected chi connectivity index (χ3v) is 5.70. The smallest absolute Gasteiger partial charge is 0.287 e. The number of carbonyl (C=O) groups excluding carboxylic acids is 1. The van der Waals surface area contributed by atoms with Gasteiger partial charge in [0.05, 0.1) is 20.3 Å². The zero-order valence-electron chi connectivity index (χ0n) is 17.6. The van der Waals surface area contributed by atoms with Crippen LogP contribution < -0.4 is 20.3 Å². The maximum atomic E-state index is 13.2. The van der Waals surface area contributed by atoms with Gasteiger partial charge in [0.2, 0.25) is 0 Å². The van der Waals surface area contributed by atoms with Crippen molar-refractivity contribution >= 4 is 11.6 Å². The molecule has 1 aliphatic heterocycles. The number of amides is 1. The minimum Gasteiger partial charge on any atom is -0.497 e. The second-order valence-corrected chi connectivity index (χ2v) is 8.15. The molecule has 1 atom stereocenters. The molecule has 0 aromatic heterocycles. The first-order valence-electron chi connectivity index (χ1n) is 10.3. The Morgan fingerprint density at radius 3 is 2.59 bits per heavy atom. The molecule has 0 radical (unpaired) electrons. The fraction of sp³-hybridized carbons (Fsp3) is 0.435. The van der Waals surface area contributed by atoms with Gasteiger partial charge in [-0.05, 0) is 26.0 Å². The fourth-order valence-corrected chi connectivity index (χ4v) is 3.83. The van der Waals surface area contributed by atoms with Gasteiger partial charge in [0.25, 0.3) is 5.91 Å². The molecule has 0 aliphatic carbocycles. The highest BCUT2D eigenvalue weighted by molar-refractivity contribution is 5.94. The van der Waals surface area contributed by atoms with E-state index in [0.29, 0.717) is 0 Å². The van der Waals surface area contributed by atoms with Crippen molar-refractivity contribution in [2.45, 2.75) is 25.4 Å². The van der Waals surface area contributed by atoms with Crippen LogP contribution >= 0.6 is 0 Å². The summed E-state index contributed by atoms with van der Waals surface area (Å²) in [5.41, 5.74) is 1.79. The lowest BCUT2D eigenvalue weighted by atomic mass is 9.99. The molecule has 0 saturated carbocycles. The molecule has 0 unspecified atom stereocenters. The lowest BCUT2D eigenvalue weighted by molar-refractivity contribution is -0.969. The minimum atomic E-state index is -0.317. The average Bonchev–Trinajstić information content (AvgIpc) is 2.75. The van der Waals surface area contributed by atoms with Gasteiger partial charge in [-0.3, -0.25) is 4.79 Å². The number of anilines is 1. The Bertz CT molecular complexity index is 789. The van der Waals surface area contributed by atoms with Crippen LogP contribution in [0.2, 0.25) is 0 Å². The van der Waals surface area contributed by atoms with Gasteiger partial charge in [0.1, 0.15) is 30.9 Å². The van der Waals surface area contributed by atoms with Crippen LogP contribution in [0.3, 0.4) is 0 Å². The van der Waals surface area contributed by atoms with Crippen LogP contribution in [0.25, 0.3) is 0 Å². The highest BCUT2D eigenvalue weighted by Gasteiger charge is 2.36. The Morgan fingerprint density at radius 1 is 1.17 bits per heavy atom. The Balaban J connectivity index is 1.73. The molecule has 6 heteroatoms. The van der Waals surface area contributed by atoms with Crippen LogP contribution in [-0.2, 0) is 9.53 Å². The summed E-state index contributed by atoms with van der Waals surface area (Å²) in [6.07, 6.45) is 0. The van der Waals surface area contributed by atoms with Gasteiger partial charge in [0, 0.05) is 17.3 Å². The van der Waals surface area contributed by atoms with Gasteiger partial charge in [-0.15, -0.1) is 0 Å². The number of morpholine rings is 1. The van der Waals surface area contributed by atoms with Gasteiger partial charge >= 0.3 is 0 Å². The summed E-state index contributed by atoms with van der Waals surface area (Å²) in [7, 11) is 1.62. The summed E-state index contributed by atoms with van der Waals surface area (Å²) >= 11 is 0. The third-order valence-electron chi connectivity index (χ3n) is 5.70. The summed E-state index contributed by atoms with van der Waals surface area (Å²) in [6, 6.07) is 17.1. The van der Waals surface area contributed by atoms with Crippen LogP contribution in [0.4, 0.5) is 5.69 Å². The molecule has 0 bridgehead atoms. The summed E-state index contributed by atoms with van der Waals surface area (Å²) in [6.45, 7) is 9.00. The van der Waals surface area contributed by atoms with Gasteiger partial charge in [0.15, 0.2) is 6.04 Å². The molecule has 156 valence electrons. The number of methoxy groups -OCH3 is 1. The highest BCUT2D eigenvalue weighted by Crippen LogP contribution is 2.18. The average molecular weight is 400 g/mol. The van der Waals surface area contributed by atoms with E-state index < -0.39 is 0 Å². The lowest BCUT2D eigenvalue weighted by Gasteiger charge is -2.36. The van der Waals surface area contributed by atoms with Crippen molar-refractivity contribution in [2.24, 2.45) is 0 Å². The lowest BCUT2D eigenvalue weighted by Crippen LogP contribution is -3.23. The number of nitrogens with two attached hydrogens (primary N) is 1. The van der Waals surface area contributed by atoms with Gasteiger partial charge in [-0.2, -0.15) is 0 Å². The SMILES string of the molecule is COc1cccc(NC(=O)[C@H]([NH2+]CC(C)(C)[NH+]2CCOCC2)c2ccccc2)c1. The monoisotopic (exact) mass is 399 g/mol. The second kappa shape index (κ2) is 9.87. The van der Waals surface area contributed by atoms with Gasteiger partial charge in [-0.25, -0.2) is 0 Å². The molecule has 3 rings (SSSR count). The number of hydrogen-bond donors (Lipinski definition) is 3. The van der Waals surface area contributed by atoms with E-state index in [-0.39, 0.29) is 17.5 Å². The van der Waals surface area contributed by atoms with Crippen LogP contribution in [0, 0.1) is 0 Å². The first kappa shape index (κ1) is 21.3. The molecule has 1 saturated heterocycles. The quantitative estimate of drug-likeness (QED) is 0.610. The van der Waals surface area contributed by atoms with Crippen molar-refractivity contribution in [3.63, 3.8) is 0 Å². The molecule has 6 nitrogen and oxygen atoms in total. The Morgan fingerprint density at radius 2 is 1.90 bits per heavy atom. The van der Waals surface area contributed by atoms with E-state index >= 15 is 0 Å². The molecule has 1 amide bonds. The number of quaternary nitrogens is 2. The zero-order valence-corrected chi connectivity index (χ0v) is 17.6. The number of ether oxygens (including phenoxy) is 2. The molecule has 1 aliphatic rings. The predicted octanol–water partition coefficient (Wildman–Crippen LogP) is 0.632. The third kappa shape index (κ3) is 5.79. The van der Waals surface area contributed by atoms with Crippen molar-refractivity contribution in [1.29, 1.82) is 0 Å². The Hall–Kier alpha value is -2.41. The van der Waals surface area contributed by atoms with Crippen molar-refractivity contribution < 1.29 is 24.5 Å². The van der Waals surface area contributed by atoms with E-state index in [4.69, 9.17) is 9.47 Å². The largest absolute Gasteiger partial charge is 0.497 e. The number of carbonyl (C=O) groups is 1. The fourth-order valence-electron chi connectivity index (χ4n) is 3.83. The molecule has 1 heterocycles. The summed E-state index contributed by atoms with van der Waals surface area (Å²) < 4.78 is 10.8. The zero-order chi connectivity index (χ0) is 20.7. The Kier molecular flexibility index (Phi) is 7.25. The maximum absolute atomic E-state index is 13.2. The maximum Gasteiger partial charge on any atom is 0.287 e. The van der Waals surface area contributed by atoms with Crippen LogP contribution in [0.15, 0.2) is 54.6 Å². The van der Waals surface area contributed by atoms with Crippen molar-refractivity contribution in [3.05, 3.63) is 60.2 Å². The molecular weight excluding hydrogens is 366 g/mol. The van der Waals surface area contributed by atoms with Crippen molar-refractivity contribution in [2.75, 3.05) is 45.3 Å². The molecule has 1 fully saturated rings. The number of nitrogens with one attached hydrogen (secondary N) is 2. The summed E-state index contributed by atoms with van der Waals surface area (Å²) in [4.78, 5) is 14.7. The highest BCUT2D eigenvalue weighted by atomic mass is 16.5. The van der Waals surface area contributed by atoms with E-state index in [1.807, 2.05) is 54.6 Å². The second-order valence-electron chi connectivity index (χ2n) is 8.15. The minimum absolute atomic E-state index is 0.0303. The standard InChI is InChI=1S/C23H31N3O3/c1-23(2,26-12-14-29-15-13-26)17-24-21(18-8-5-4-6-9-18)22(27)25-19-10-7-11-20(16-19)28-3/h4-11,16,21,24H,12-15,17H2,1-3H3,(H,25,27)/p+2/t21-/m1/s1. The van der Waals surface area contributed by atoms with E-state index in [1.54, 1.807) is 7.11 Å². The van der Waals surface area contributed by atoms with E-state index in [1.165, 1.54) is 4.90 Å².